The van der Waals surface area contributed by atoms with Crippen molar-refractivity contribution in [2.75, 3.05) is 0 Å². The zero-order valence-corrected chi connectivity index (χ0v) is 9.30. The van der Waals surface area contributed by atoms with Gasteiger partial charge in [-0.3, -0.25) is 9.59 Å². The smallest absolute Gasteiger partial charge is 0.320 e. The van der Waals surface area contributed by atoms with E-state index in [0.29, 0.717) is 5.84 Å². The van der Waals surface area contributed by atoms with Crippen molar-refractivity contribution < 1.29 is 14.7 Å². The summed E-state index contributed by atoms with van der Waals surface area (Å²) in [5.74, 6) is -0.630. The number of rotatable bonds is 6. The maximum absolute atomic E-state index is 11.5. The van der Waals surface area contributed by atoms with E-state index < -0.39 is 12.0 Å². The highest BCUT2D eigenvalue weighted by atomic mass is 16.4. The van der Waals surface area contributed by atoms with Gasteiger partial charge in [0.05, 0.1) is 6.42 Å². The van der Waals surface area contributed by atoms with E-state index in [1.54, 1.807) is 24.6 Å². The lowest BCUT2D eigenvalue weighted by Crippen LogP contribution is -2.31. The van der Waals surface area contributed by atoms with E-state index in [1.165, 1.54) is 0 Å². The molecule has 1 atom stereocenters. The van der Waals surface area contributed by atoms with Crippen LogP contribution in [0.25, 0.3) is 0 Å². The number of ketones is 1. The number of amidine groups is 1. The van der Waals surface area contributed by atoms with Crippen LogP contribution in [0.4, 0.5) is 0 Å². The van der Waals surface area contributed by atoms with E-state index in [0.717, 1.165) is 0 Å². The summed E-state index contributed by atoms with van der Waals surface area (Å²) in [4.78, 5) is 26.0. The highest BCUT2D eigenvalue weighted by Gasteiger charge is 2.14. The summed E-state index contributed by atoms with van der Waals surface area (Å²) in [6.45, 7) is 0. The fourth-order valence-electron chi connectivity index (χ4n) is 1.23. The maximum Gasteiger partial charge on any atom is 0.320 e. The highest BCUT2D eigenvalue weighted by Crippen LogP contribution is 2.01. The zero-order chi connectivity index (χ0) is 12.7. The minimum absolute atomic E-state index is 0.0864. The van der Waals surface area contributed by atoms with Crippen molar-refractivity contribution in [1.29, 1.82) is 0 Å². The minimum atomic E-state index is -1.09. The van der Waals surface area contributed by atoms with Gasteiger partial charge in [0.2, 0.25) is 0 Å². The molecule has 0 aromatic heterocycles. The Morgan fingerprint density at radius 2 is 2.24 bits per heavy atom. The summed E-state index contributed by atoms with van der Waals surface area (Å²) in [6, 6.07) is -0.984. The van der Waals surface area contributed by atoms with Crippen LogP contribution in [0.15, 0.2) is 29.5 Å². The molecule has 0 aromatic rings. The number of nitrogens with one attached hydrogen (secondary N) is 1. The van der Waals surface area contributed by atoms with Crippen LogP contribution in [-0.4, -0.2) is 28.7 Å². The fourth-order valence-corrected chi connectivity index (χ4v) is 1.23. The lowest BCUT2D eigenvalue weighted by atomic mass is 10.1. The van der Waals surface area contributed by atoms with E-state index in [4.69, 9.17) is 10.8 Å². The van der Waals surface area contributed by atoms with E-state index in [1.807, 2.05) is 0 Å². The van der Waals surface area contributed by atoms with Crippen LogP contribution in [-0.2, 0) is 9.59 Å². The Morgan fingerprint density at radius 3 is 2.94 bits per heavy atom. The SMILES string of the molecule is N[C@@H](CCC(=O)CC1=NC=CC=CN1)C(=O)O. The van der Waals surface area contributed by atoms with Crippen LogP contribution < -0.4 is 11.1 Å². The molecule has 6 heteroatoms. The molecule has 0 amide bonds. The first-order valence-electron chi connectivity index (χ1n) is 5.24. The molecule has 6 nitrogen and oxygen atoms in total. The Bertz CT molecular complexity index is 385. The number of hydrogen-bond donors (Lipinski definition) is 3. The van der Waals surface area contributed by atoms with Crippen molar-refractivity contribution in [3.05, 3.63) is 24.6 Å². The molecule has 1 aliphatic heterocycles. The molecule has 0 fully saturated rings. The molecule has 1 heterocycles. The summed E-state index contributed by atoms with van der Waals surface area (Å²) < 4.78 is 0. The third kappa shape index (κ3) is 5.07. The number of carboxylic acid groups (broad SMARTS) is 1. The number of nitrogens with zero attached hydrogens (tertiary/aromatic N) is 1. The van der Waals surface area contributed by atoms with E-state index in [-0.39, 0.29) is 25.0 Å². The molecule has 92 valence electrons. The van der Waals surface area contributed by atoms with Gasteiger partial charge in [-0.1, -0.05) is 0 Å². The van der Waals surface area contributed by atoms with Crippen molar-refractivity contribution in [1.82, 2.24) is 5.32 Å². The van der Waals surface area contributed by atoms with Gasteiger partial charge in [-0.05, 0) is 18.6 Å². The predicted molar refractivity (Wildman–Crippen MR) is 63.3 cm³/mol. The Morgan fingerprint density at radius 1 is 1.47 bits per heavy atom. The monoisotopic (exact) mass is 237 g/mol. The van der Waals surface area contributed by atoms with E-state index in [2.05, 4.69) is 10.3 Å². The maximum atomic E-state index is 11.5. The molecule has 0 radical (unpaired) electrons. The van der Waals surface area contributed by atoms with E-state index in [9.17, 15) is 9.59 Å². The molecule has 1 aliphatic rings. The Labute approximate surface area is 98.9 Å². The van der Waals surface area contributed by atoms with Gasteiger partial charge < -0.3 is 16.2 Å². The normalized spacial score (nSPS) is 15.7. The molecule has 0 aromatic carbocycles. The zero-order valence-electron chi connectivity index (χ0n) is 9.30. The Hall–Kier alpha value is -1.95. The van der Waals surface area contributed by atoms with Crippen LogP contribution in [0.2, 0.25) is 0 Å². The summed E-state index contributed by atoms with van der Waals surface area (Å²) in [5, 5.41) is 11.4. The Balaban J connectivity index is 2.34. The topological polar surface area (TPSA) is 105 Å². The van der Waals surface area contributed by atoms with Gasteiger partial charge in [0.25, 0.3) is 0 Å². The molecule has 0 aliphatic carbocycles. The second kappa shape index (κ2) is 6.59. The number of carbonyl (C=O) groups excluding carboxylic acids is 1. The summed E-state index contributed by atoms with van der Waals surface area (Å²) in [6.07, 6.45) is 7.21. The van der Waals surface area contributed by atoms with E-state index >= 15 is 0 Å². The van der Waals surface area contributed by atoms with Crippen LogP contribution in [0.3, 0.4) is 0 Å². The number of allylic oxidation sites excluding steroid dienone is 2. The number of hydrogen-bond acceptors (Lipinski definition) is 5. The molecule has 17 heavy (non-hydrogen) atoms. The van der Waals surface area contributed by atoms with Gasteiger partial charge in [-0.25, -0.2) is 4.99 Å². The van der Waals surface area contributed by atoms with Crippen molar-refractivity contribution in [2.45, 2.75) is 25.3 Å². The van der Waals surface area contributed by atoms with Crippen LogP contribution in [0, 0.1) is 0 Å². The average molecular weight is 237 g/mol. The third-order valence-electron chi connectivity index (χ3n) is 2.19. The minimum Gasteiger partial charge on any atom is -0.480 e. The molecule has 0 saturated carbocycles. The van der Waals surface area contributed by atoms with Gasteiger partial charge in [-0.2, -0.15) is 0 Å². The average Bonchev–Trinajstić information content (AvgIpc) is 2.54. The molecular weight excluding hydrogens is 222 g/mol. The van der Waals surface area contributed by atoms with Gasteiger partial charge in [-0.15, -0.1) is 0 Å². The molecule has 0 unspecified atom stereocenters. The second-order valence-electron chi connectivity index (χ2n) is 3.62. The number of aliphatic imine (C=N–C) groups is 1. The van der Waals surface area contributed by atoms with Crippen LogP contribution >= 0.6 is 0 Å². The van der Waals surface area contributed by atoms with Crippen molar-refractivity contribution in [2.24, 2.45) is 10.7 Å². The summed E-state index contributed by atoms with van der Waals surface area (Å²) in [5.41, 5.74) is 5.30. The first-order valence-corrected chi connectivity index (χ1v) is 5.24. The summed E-state index contributed by atoms with van der Waals surface area (Å²) in [7, 11) is 0. The molecule has 4 N–H and O–H groups in total. The van der Waals surface area contributed by atoms with Crippen LogP contribution in [0.5, 0.6) is 0 Å². The molecule has 0 saturated heterocycles. The number of carbonyl (C=O) groups is 2. The number of aliphatic carboxylic acids is 1. The molecule has 1 rings (SSSR count). The van der Waals surface area contributed by atoms with Gasteiger partial charge in [0.1, 0.15) is 17.7 Å². The first-order chi connectivity index (χ1) is 8.09. The first kappa shape index (κ1) is 13.1. The van der Waals surface area contributed by atoms with Gasteiger partial charge in [0.15, 0.2) is 0 Å². The predicted octanol–water partition coefficient (Wildman–Crippen LogP) is 0.167. The van der Waals surface area contributed by atoms with Crippen molar-refractivity contribution in [3.8, 4) is 0 Å². The fraction of sp³-hybridized carbons (Fsp3) is 0.364. The second-order valence-corrected chi connectivity index (χ2v) is 3.62. The Kier molecular flexibility index (Phi) is 5.09. The molecular formula is C11H15N3O3. The summed E-state index contributed by atoms with van der Waals surface area (Å²) >= 11 is 0. The number of carboxylic acids is 1. The molecule has 0 bridgehead atoms. The van der Waals surface area contributed by atoms with Gasteiger partial charge in [0, 0.05) is 18.8 Å². The molecule has 0 spiro atoms. The number of nitrogens with two attached hydrogens (primary N) is 1. The van der Waals surface area contributed by atoms with Gasteiger partial charge >= 0.3 is 5.97 Å². The lowest BCUT2D eigenvalue weighted by molar-refractivity contribution is -0.138. The van der Waals surface area contributed by atoms with Crippen molar-refractivity contribution in [3.63, 3.8) is 0 Å². The highest BCUT2D eigenvalue weighted by molar-refractivity contribution is 6.01. The largest absolute Gasteiger partial charge is 0.480 e. The third-order valence-corrected chi connectivity index (χ3v) is 2.19. The lowest BCUT2D eigenvalue weighted by Gasteiger charge is -2.06. The van der Waals surface area contributed by atoms with Crippen molar-refractivity contribution >= 4 is 17.6 Å². The standard InChI is InChI=1S/C11H15N3O3/c12-9(11(16)17)4-3-8(15)7-10-13-5-1-2-6-14-10/h1-2,5-6,9H,3-4,7,12H2,(H,13,14)(H,16,17)/t9-/m0/s1. The quantitative estimate of drug-likeness (QED) is 0.610. The van der Waals surface area contributed by atoms with Crippen LogP contribution in [0.1, 0.15) is 19.3 Å². The number of Topliss-reactive ketones (excluding diaryl/α,β-unsaturated/α-hetero) is 1.